The molecule has 0 bridgehead atoms. The molecular weight excluding hydrogens is 380 g/mol. The summed E-state index contributed by atoms with van der Waals surface area (Å²) in [5.41, 5.74) is 3.69. The lowest BCUT2D eigenvalue weighted by Gasteiger charge is -2.29. The molecule has 7 heteroatoms. The van der Waals surface area contributed by atoms with Gasteiger partial charge in [-0.05, 0) is 31.2 Å². The van der Waals surface area contributed by atoms with Crippen molar-refractivity contribution in [1.82, 2.24) is 14.9 Å². The zero-order chi connectivity index (χ0) is 20.9. The summed E-state index contributed by atoms with van der Waals surface area (Å²) < 4.78 is 5.41. The molecule has 1 aliphatic heterocycles. The van der Waals surface area contributed by atoms with Gasteiger partial charge in [0.1, 0.15) is 0 Å². The third-order valence-corrected chi connectivity index (χ3v) is 5.15. The molecule has 0 saturated heterocycles. The number of carbonyl (C=O) groups excluding carboxylic acids is 2. The topological polar surface area (TPSA) is 84.4 Å². The first kappa shape index (κ1) is 20.0. The molecule has 1 N–H and O–H groups in total. The minimum absolute atomic E-state index is 0.363. The van der Waals surface area contributed by atoms with Crippen LogP contribution in [0.3, 0.4) is 0 Å². The SMILES string of the molecule is CCCN1CCc2nc3ccccc3c(C(=O)OCC(=O)Nc3cccnc3)c2C1. The van der Waals surface area contributed by atoms with Gasteiger partial charge >= 0.3 is 5.97 Å². The highest BCUT2D eigenvalue weighted by molar-refractivity contribution is 6.06. The molecule has 1 aliphatic rings. The largest absolute Gasteiger partial charge is 0.452 e. The third-order valence-electron chi connectivity index (χ3n) is 5.15. The Hall–Kier alpha value is -3.32. The van der Waals surface area contributed by atoms with E-state index in [-0.39, 0.29) is 6.61 Å². The number of fused-ring (bicyclic) bond motifs is 2. The van der Waals surface area contributed by atoms with Crippen LogP contribution in [-0.4, -0.2) is 46.4 Å². The highest BCUT2D eigenvalue weighted by Crippen LogP contribution is 2.28. The average molecular weight is 404 g/mol. The van der Waals surface area contributed by atoms with Crippen LogP contribution in [0, 0.1) is 0 Å². The maximum Gasteiger partial charge on any atom is 0.339 e. The molecule has 154 valence electrons. The summed E-state index contributed by atoms with van der Waals surface area (Å²) in [6, 6.07) is 11.0. The second-order valence-electron chi connectivity index (χ2n) is 7.32. The van der Waals surface area contributed by atoms with Gasteiger partial charge in [-0.2, -0.15) is 0 Å². The van der Waals surface area contributed by atoms with E-state index in [9.17, 15) is 9.59 Å². The molecule has 0 radical (unpaired) electrons. The standard InChI is InChI=1S/C23H24N4O3/c1-2-11-27-12-9-20-18(14-27)22(17-7-3-4-8-19(17)26-20)23(29)30-15-21(28)25-16-6-5-10-24-13-16/h3-8,10,13H,2,9,11-12,14-15H2,1H3,(H,25,28). The minimum atomic E-state index is -0.496. The van der Waals surface area contributed by atoms with Crippen LogP contribution in [0.25, 0.3) is 10.9 Å². The maximum absolute atomic E-state index is 13.1. The van der Waals surface area contributed by atoms with Crippen molar-refractivity contribution in [2.45, 2.75) is 26.3 Å². The van der Waals surface area contributed by atoms with E-state index in [1.54, 1.807) is 18.3 Å². The Balaban J connectivity index is 1.58. The van der Waals surface area contributed by atoms with Crippen LogP contribution in [-0.2, 0) is 22.5 Å². The van der Waals surface area contributed by atoms with E-state index < -0.39 is 11.9 Å². The van der Waals surface area contributed by atoms with Crippen LogP contribution < -0.4 is 5.32 Å². The average Bonchev–Trinajstić information content (AvgIpc) is 2.77. The molecule has 2 aromatic heterocycles. The van der Waals surface area contributed by atoms with Gasteiger partial charge < -0.3 is 10.1 Å². The first-order chi connectivity index (χ1) is 14.7. The molecular formula is C23H24N4O3. The van der Waals surface area contributed by atoms with Crippen LogP contribution in [0.4, 0.5) is 5.69 Å². The van der Waals surface area contributed by atoms with Gasteiger partial charge in [0.2, 0.25) is 0 Å². The quantitative estimate of drug-likeness (QED) is 0.635. The molecule has 0 aliphatic carbocycles. The predicted octanol–water partition coefficient (Wildman–Crippen LogP) is 3.19. The summed E-state index contributed by atoms with van der Waals surface area (Å²) in [5, 5.41) is 3.43. The lowest BCUT2D eigenvalue weighted by Crippen LogP contribution is -2.33. The minimum Gasteiger partial charge on any atom is -0.452 e. The van der Waals surface area contributed by atoms with Crippen LogP contribution >= 0.6 is 0 Å². The molecule has 30 heavy (non-hydrogen) atoms. The van der Waals surface area contributed by atoms with Gasteiger partial charge in [-0.15, -0.1) is 0 Å². The summed E-state index contributed by atoms with van der Waals surface area (Å²) in [5.74, 6) is -0.902. The lowest BCUT2D eigenvalue weighted by molar-refractivity contribution is -0.119. The van der Waals surface area contributed by atoms with Crippen LogP contribution in [0.15, 0.2) is 48.8 Å². The number of benzene rings is 1. The summed E-state index contributed by atoms with van der Waals surface area (Å²) in [4.78, 5) is 36.4. The molecule has 1 aromatic carbocycles. The number of para-hydroxylation sites is 1. The van der Waals surface area contributed by atoms with Crippen LogP contribution in [0.1, 0.15) is 35.0 Å². The molecule has 4 rings (SSSR count). The summed E-state index contributed by atoms with van der Waals surface area (Å²) in [6.07, 6.45) is 5.00. The normalized spacial score (nSPS) is 13.6. The molecule has 7 nitrogen and oxygen atoms in total. The number of ether oxygens (including phenoxy) is 1. The number of nitrogens with zero attached hydrogens (tertiary/aromatic N) is 3. The van der Waals surface area contributed by atoms with Crippen LogP contribution in [0.2, 0.25) is 0 Å². The van der Waals surface area contributed by atoms with Crippen molar-refractivity contribution in [3.8, 4) is 0 Å². The molecule has 3 aromatic rings. The van der Waals surface area contributed by atoms with E-state index >= 15 is 0 Å². The van der Waals surface area contributed by atoms with E-state index in [2.05, 4.69) is 22.1 Å². The van der Waals surface area contributed by atoms with Gasteiger partial charge in [-0.1, -0.05) is 25.1 Å². The Bertz CT molecular complexity index is 1070. The van der Waals surface area contributed by atoms with Crippen molar-refractivity contribution in [2.75, 3.05) is 25.0 Å². The van der Waals surface area contributed by atoms with Crippen molar-refractivity contribution in [1.29, 1.82) is 0 Å². The number of aromatic nitrogens is 2. The second kappa shape index (κ2) is 9.00. The van der Waals surface area contributed by atoms with Crippen molar-refractivity contribution < 1.29 is 14.3 Å². The lowest BCUT2D eigenvalue weighted by atomic mass is 9.95. The van der Waals surface area contributed by atoms with Crippen molar-refractivity contribution in [2.24, 2.45) is 0 Å². The van der Waals surface area contributed by atoms with Crippen molar-refractivity contribution in [3.05, 3.63) is 65.6 Å². The third kappa shape index (κ3) is 4.31. The highest BCUT2D eigenvalue weighted by Gasteiger charge is 2.26. The number of hydrogen-bond donors (Lipinski definition) is 1. The molecule has 0 spiro atoms. The first-order valence-corrected chi connectivity index (χ1v) is 10.2. The van der Waals surface area contributed by atoms with Gasteiger partial charge in [0, 0.05) is 42.4 Å². The fourth-order valence-corrected chi connectivity index (χ4v) is 3.82. The Morgan fingerprint density at radius 2 is 2.07 bits per heavy atom. The Labute approximate surface area is 175 Å². The number of amides is 1. The number of carbonyl (C=O) groups is 2. The van der Waals surface area contributed by atoms with Gasteiger partial charge in [0.25, 0.3) is 5.91 Å². The van der Waals surface area contributed by atoms with Crippen LogP contribution in [0.5, 0.6) is 0 Å². The monoisotopic (exact) mass is 404 g/mol. The maximum atomic E-state index is 13.1. The van der Waals surface area contributed by atoms with E-state index in [4.69, 9.17) is 9.72 Å². The fourth-order valence-electron chi connectivity index (χ4n) is 3.82. The van der Waals surface area contributed by atoms with Gasteiger partial charge in [-0.3, -0.25) is 19.7 Å². The molecule has 0 saturated carbocycles. The first-order valence-electron chi connectivity index (χ1n) is 10.2. The molecule has 0 fully saturated rings. The molecule has 0 unspecified atom stereocenters. The summed E-state index contributed by atoms with van der Waals surface area (Å²) in [6.45, 7) is 4.33. The van der Waals surface area contributed by atoms with Gasteiger partial charge in [-0.25, -0.2) is 4.79 Å². The number of anilines is 1. The van der Waals surface area contributed by atoms with Crippen molar-refractivity contribution in [3.63, 3.8) is 0 Å². The number of esters is 1. The van der Waals surface area contributed by atoms with Gasteiger partial charge in [0.05, 0.1) is 23.0 Å². The Kier molecular flexibility index (Phi) is 5.99. The number of pyridine rings is 2. The summed E-state index contributed by atoms with van der Waals surface area (Å²) >= 11 is 0. The molecule has 3 heterocycles. The predicted molar refractivity (Wildman–Crippen MR) is 114 cm³/mol. The second-order valence-corrected chi connectivity index (χ2v) is 7.32. The van der Waals surface area contributed by atoms with E-state index in [0.717, 1.165) is 48.1 Å². The van der Waals surface area contributed by atoms with E-state index in [0.29, 0.717) is 17.8 Å². The Morgan fingerprint density at radius 1 is 1.20 bits per heavy atom. The molecule has 0 atom stereocenters. The number of rotatable bonds is 6. The van der Waals surface area contributed by atoms with Gasteiger partial charge in [0.15, 0.2) is 6.61 Å². The number of hydrogen-bond acceptors (Lipinski definition) is 6. The van der Waals surface area contributed by atoms with E-state index in [1.165, 1.54) is 6.20 Å². The molecule has 1 amide bonds. The zero-order valence-electron chi connectivity index (χ0n) is 16.9. The zero-order valence-corrected chi connectivity index (χ0v) is 16.9. The van der Waals surface area contributed by atoms with E-state index in [1.807, 2.05) is 24.3 Å². The van der Waals surface area contributed by atoms with Crippen molar-refractivity contribution >= 4 is 28.5 Å². The number of nitrogens with one attached hydrogen (secondary N) is 1. The smallest absolute Gasteiger partial charge is 0.339 e. The fraction of sp³-hybridized carbons (Fsp3) is 0.304. The summed E-state index contributed by atoms with van der Waals surface area (Å²) in [7, 11) is 0. The highest BCUT2D eigenvalue weighted by atomic mass is 16.5. The Morgan fingerprint density at radius 3 is 2.87 bits per heavy atom.